The number of likely N-dealkylation sites (tertiary alicyclic amines) is 2. The second-order valence-electron chi connectivity index (χ2n) is 8.47. The van der Waals surface area contributed by atoms with Gasteiger partial charge in [-0.3, -0.25) is 9.78 Å². The van der Waals surface area contributed by atoms with Crippen LogP contribution in [0, 0.1) is 11.2 Å². The molecule has 10 heteroatoms. The molecule has 0 aliphatic carbocycles. The molecule has 2 aliphatic heterocycles. The molecule has 2 atom stereocenters. The Morgan fingerprint density at radius 1 is 1.28 bits per heavy atom. The molecular weight excluding hydrogens is 415 g/mol. The fraction of sp³-hybridized carbons (Fsp3) is 0.409. The Kier molecular flexibility index (Phi) is 5.30. The summed E-state index contributed by atoms with van der Waals surface area (Å²) in [6.07, 6.45) is 5.68. The topological polar surface area (TPSA) is 97.5 Å². The van der Waals surface area contributed by atoms with Crippen LogP contribution in [-0.2, 0) is 4.79 Å². The van der Waals surface area contributed by atoms with Crippen molar-refractivity contribution in [3.8, 4) is 17.3 Å². The maximum Gasteiger partial charge on any atom is 0.260 e. The molecule has 2 aromatic heterocycles. The number of benzene rings is 1. The molecule has 0 unspecified atom stereocenters. The lowest BCUT2D eigenvalue weighted by atomic mass is 9.77. The maximum atomic E-state index is 13.1. The molecule has 5 rings (SSSR count). The minimum absolute atomic E-state index is 0.0832. The summed E-state index contributed by atoms with van der Waals surface area (Å²) in [6, 6.07) is 5.63. The Balaban J connectivity index is 1.33. The summed E-state index contributed by atoms with van der Waals surface area (Å²) in [7, 11) is 2.08. The normalized spacial score (nSPS) is 23.2. The predicted molar refractivity (Wildman–Crippen MR) is 111 cm³/mol. The van der Waals surface area contributed by atoms with E-state index in [0.29, 0.717) is 36.2 Å². The summed E-state index contributed by atoms with van der Waals surface area (Å²) < 4.78 is 24.3. The van der Waals surface area contributed by atoms with Crippen molar-refractivity contribution in [3.05, 3.63) is 54.6 Å². The fourth-order valence-corrected chi connectivity index (χ4v) is 4.68. The van der Waals surface area contributed by atoms with Gasteiger partial charge in [-0.15, -0.1) is 0 Å². The van der Waals surface area contributed by atoms with Crippen LogP contribution in [0.15, 0.2) is 47.4 Å². The average molecular weight is 438 g/mol. The van der Waals surface area contributed by atoms with E-state index < -0.39 is 0 Å². The highest BCUT2D eigenvalue weighted by Gasteiger charge is 2.53. The molecule has 2 saturated heterocycles. The predicted octanol–water partition coefficient (Wildman–Crippen LogP) is 1.99. The number of halogens is 1. The number of ether oxygens (including phenoxy) is 1. The van der Waals surface area contributed by atoms with Crippen LogP contribution < -0.4 is 4.74 Å². The van der Waals surface area contributed by atoms with Crippen molar-refractivity contribution in [1.29, 1.82) is 0 Å². The molecule has 2 fully saturated rings. The standard InChI is InChI=1S/C22H23FN6O3/c1-28-9-6-22(13-28)14-29(19(30)12-31-16-4-2-15(23)3-5-16)11-17(22)21-26-20(27-32-21)18-10-24-7-8-25-18/h2-5,7-8,10,17H,6,9,11-14H2,1H3/t17-,22-/m0/s1. The Hall–Kier alpha value is -3.40. The van der Waals surface area contributed by atoms with Crippen molar-refractivity contribution >= 4 is 5.91 Å². The van der Waals surface area contributed by atoms with Crippen molar-refractivity contribution in [1.82, 2.24) is 29.9 Å². The van der Waals surface area contributed by atoms with E-state index in [-0.39, 0.29) is 29.7 Å². The zero-order valence-electron chi connectivity index (χ0n) is 17.6. The van der Waals surface area contributed by atoms with Crippen LogP contribution in [0.5, 0.6) is 5.75 Å². The summed E-state index contributed by atoms with van der Waals surface area (Å²) >= 11 is 0. The molecule has 0 radical (unpaired) electrons. The summed E-state index contributed by atoms with van der Waals surface area (Å²) in [4.78, 5) is 29.9. The minimum Gasteiger partial charge on any atom is -0.484 e. The van der Waals surface area contributed by atoms with Crippen LogP contribution in [-0.4, -0.2) is 75.6 Å². The number of hydrogen-bond acceptors (Lipinski definition) is 8. The zero-order chi connectivity index (χ0) is 22.1. The van der Waals surface area contributed by atoms with E-state index in [1.54, 1.807) is 23.5 Å². The smallest absolute Gasteiger partial charge is 0.260 e. The van der Waals surface area contributed by atoms with Crippen LogP contribution in [0.25, 0.3) is 11.5 Å². The first-order valence-electron chi connectivity index (χ1n) is 10.5. The van der Waals surface area contributed by atoms with Crippen molar-refractivity contribution < 1.29 is 18.4 Å². The average Bonchev–Trinajstić information content (AvgIpc) is 3.53. The van der Waals surface area contributed by atoms with Gasteiger partial charge in [-0.2, -0.15) is 4.98 Å². The van der Waals surface area contributed by atoms with Crippen LogP contribution in [0.2, 0.25) is 0 Å². The van der Waals surface area contributed by atoms with E-state index >= 15 is 0 Å². The van der Waals surface area contributed by atoms with Gasteiger partial charge in [-0.1, -0.05) is 5.16 Å². The number of amides is 1. The molecule has 2 aliphatic rings. The van der Waals surface area contributed by atoms with Crippen molar-refractivity contribution in [2.24, 2.45) is 5.41 Å². The number of carbonyl (C=O) groups excluding carboxylic acids is 1. The van der Waals surface area contributed by atoms with E-state index in [9.17, 15) is 9.18 Å². The summed E-state index contributed by atoms with van der Waals surface area (Å²) in [6.45, 7) is 2.73. The molecule has 1 amide bonds. The Labute approximate surface area is 184 Å². The number of hydrogen-bond donors (Lipinski definition) is 0. The highest BCUT2D eigenvalue weighted by atomic mass is 19.1. The number of nitrogens with zero attached hydrogens (tertiary/aromatic N) is 6. The summed E-state index contributed by atoms with van der Waals surface area (Å²) in [5.41, 5.74) is 0.380. The van der Waals surface area contributed by atoms with Gasteiger partial charge >= 0.3 is 0 Å². The van der Waals surface area contributed by atoms with Crippen molar-refractivity contribution in [2.45, 2.75) is 12.3 Å². The van der Waals surface area contributed by atoms with Gasteiger partial charge in [0.25, 0.3) is 5.91 Å². The SMILES string of the molecule is CN1CC[C@]2(C1)CN(C(=O)COc1ccc(F)cc1)C[C@H]2c1nc(-c2cnccn2)no1. The lowest BCUT2D eigenvalue weighted by Crippen LogP contribution is -2.36. The van der Waals surface area contributed by atoms with Crippen LogP contribution in [0.4, 0.5) is 4.39 Å². The van der Waals surface area contributed by atoms with Crippen LogP contribution in [0.3, 0.4) is 0 Å². The maximum absolute atomic E-state index is 13.1. The van der Waals surface area contributed by atoms with E-state index in [2.05, 4.69) is 32.1 Å². The van der Waals surface area contributed by atoms with Gasteiger partial charge in [-0.25, -0.2) is 9.37 Å². The Morgan fingerprint density at radius 2 is 2.12 bits per heavy atom. The van der Waals surface area contributed by atoms with Gasteiger partial charge in [0.1, 0.15) is 17.3 Å². The molecule has 4 heterocycles. The molecule has 32 heavy (non-hydrogen) atoms. The number of rotatable bonds is 5. The minimum atomic E-state index is -0.348. The largest absolute Gasteiger partial charge is 0.484 e. The van der Waals surface area contributed by atoms with Gasteiger partial charge in [0.05, 0.1) is 12.1 Å². The van der Waals surface area contributed by atoms with Crippen LogP contribution >= 0.6 is 0 Å². The van der Waals surface area contributed by atoms with Gasteiger partial charge in [0, 0.05) is 37.4 Å². The number of carbonyl (C=O) groups is 1. The molecule has 0 bridgehead atoms. The second kappa shape index (κ2) is 8.27. The molecule has 0 N–H and O–H groups in total. The first kappa shape index (κ1) is 20.5. The first-order valence-corrected chi connectivity index (χ1v) is 10.5. The number of aromatic nitrogens is 4. The third-order valence-corrected chi connectivity index (χ3v) is 6.28. The molecular formula is C22H23FN6O3. The van der Waals surface area contributed by atoms with Gasteiger partial charge in [0.15, 0.2) is 6.61 Å². The Morgan fingerprint density at radius 3 is 2.84 bits per heavy atom. The summed E-state index contributed by atoms with van der Waals surface area (Å²) in [5, 5.41) is 4.10. The quantitative estimate of drug-likeness (QED) is 0.597. The van der Waals surface area contributed by atoms with Gasteiger partial charge in [0.2, 0.25) is 11.7 Å². The fourth-order valence-electron chi connectivity index (χ4n) is 4.68. The van der Waals surface area contributed by atoms with Crippen molar-refractivity contribution in [3.63, 3.8) is 0 Å². The Bertz CT molecular complexity index is 1090. The monoisotopic (exact) mass is 438 g/mol. The highest BCUT2D eigenvalue weighted by Crippen LogP contribution is 2.48. The van der Waals surface area contributed by atoms with Gasteiger partial charge in [-0.05, 0) is 44.3 Å². The molecule has 166 valence electrons. The molecule has 0 saturated carbocycles. The highest BCUT2D eigenvalue weighted by molar-refractivity contribution is 5.78. The first-order chi connectivity index (χ1) is 15.5. The van der Waals surface area contributed by atoms with E-state index in [0.717, 1.165) is 19.5 Å². The molecule has 9 nitrogen and oxygen atoms in total. The van der Waals surface area contributed by atoms with Gasteiger partial charge < -0.3 is 19.1 Å². The molecule has 3 aromatic rings. The second-order valence-corrected chi connectivity index (χ2v) is 8.47. The molecule has 1 aromatic carbocycles. The third kappa shape index (κ3) is 3.93. The lowest BCUT2D eigenvalue weighted by Gasteiger charge is -2.27. The third-order valence-electron chi connectivity index (χ3n) is 6.28. The molecule has 1 spiro atoms. The zero-order valence-corrected chi connectivity index (χ0v) is 17.6. The summed E-state index contributed by atoms with van der Waals surface area (Å²) in [5.74, 6) is 0.796. The van der Waals surface area contributed by atoms with E-state index in [1.807, 2.05) is 0 Å². The van der Waals surface area contributed by atoms with E-state index in [4.69, 9.17) is 9.26 Å². The lowest BCUT2D eigenvalue weighted by molar-refractivity contribution is -0.132. The van der Waals surface area contributed by atoms with Crippen LogP contribution in [0.1, 0.15) is 18.2 Å². The van der Waals surface area contributed by atoms with E-state index in [1.165, 1.54) is 24.3 Å². The van der Waals surface area contributed by atoms with Crippen molar-refractivity contribution in [2.75, 3.05) is 39.8 Å².